The van der Waals surface area contributed by atoms with Gasteiger partial charge in [0.2, 0.25) is 11.8 Å². The number of carbonyl (C=O) groups excluding carboxylic acids is 3. The number of primary amides is 1. The van der Waals surface area contributed by atoms with E-state index in [0.29, 0.717) is 11.1 Å². The SMILES string of the molecule is CCN1CCN(c2ccc(C(N)=O)c([C@@H](C(=O)N3C[C@H](O)[C@H]4OCC(=O)[C@H]43)C3CCCC3)c2)CC1. The fourth-order valence-corrected chi connectivity index (χ4v) is 6.47. The van der Waals surface area contributed by atoms with E-state index in [0.717, 1.165) is 64.1 Å². The van der Waals surface area contributed by atoms with Crippen molar-refractivity contribution in [2.24, 2.45) is 11.7 Å². The summed E-state index contributed by atoms with van der Waals surface area (Å²) in [5.74, 6) is -1.48. The highest BCUT2D eigenvalue weighted by Gasteiger charge is 2.53. The fraction of sp³-hybridized carbons (Fsp3) is 0.654. The zero-order valence-electron chi connectivity index (χ0n) is 20.4. The first kappa shape index (κ1) is 24.2. The largest absolute Gasteiger partial charge is 0.388 e. The summed E-state index contributed by atoms with van der Waals surface area (Å²) in [6.45, 7) is 6.83. The second-order valence-corrected chi connectivity index (χ2v) is 10.3. The van der Waals surface area contributed by atoms with Gasteiger partial charge in [-0.1, -0.05) is 19.8 Å². The number of carbonyl (C=O) groups is 3. The molecule has 190 valence electrons. The Hall–Kier alpha value is -2.49. The predicted molar refractivity (Wildman–Crippen MR) is 130 cm³/mol. The molecule has 3 aliphatic heterocycles. The molecule has 0 unspecified atom stereocenters. The van der Waals surface area contributed by atoms with Gasteiger partial charge in [0.05, 0.1) is 12.5 Å². The summed E-state index contributed by atoms with van der Waals surface area (Å²) in [7, 11) is 0. The zero-order valence-corrected chi connectivity index (χ0v) is 20.4. The van der Waals surface area contributed by atoms with Gasteiger partial charge in [0, 0.05) is 37.4 Å². The van der Waals surface area contributed by atoms with Gasteiger partial charge in [-0.3, -0.25) is 14.4 Å². The summed E-state index contributed by atoms with van der Waals surface area (Å²) < 4.78 is 5.49. The summed E-state index contributed by atoms with van der Waals surface area (Å²) in [4.78, 5) is 45.4. The lowest BCUT2D eigenvalue weighted by molar-refractivity contribution is -0.139. The fourth-order valence-electron chi connectivity index (χ4n) is 6.47. The molecule has 4 aliphatic rings. The van der Waals surface area contributed by atoms with Gasteiger partial charge in [0.15, 0.2) is 5.78 Å². The number of anilines is 1. The van der Waals surface area contributed by atoms with Crippen molar-refractivity contribution in [2.75, 3.05) is 50.8 Å². The Balaban J connectivity index is 1.52. The molecule has 9 heteroatoms. The van der Waals surface area contributed by atoms with E-state index in [1.54, 1.807) is 6.07 Å². The number of hydrogen-bond donors (Lipinski definition) is 2. The van der Waals surface area contributed by atoms with Crippen LogP contribution in [0.25, 0.3) is 0 Å². The number of benzene rings is 1. The molecule has 1 aromatic rings. The molecule has 4 atom stereocenters. The van der Waals surface area contributed by atoms with Crippen LogP contribution < -0.4 is 10.6 Å². The Labute approximate surface area is 206 Å². The Morgan fingerprint density at radius 3 is 2.54 bits per heavy atom. The highest BCUT2D eigenvalue weighted by Crippen LogP contribution is 2.42. The van der Waals surface area contributed by atoms with E-state index in [9.17, 15) is 19.5 Å². The summed E-state index contributed by atoms with van der Waals surface area (Å²) in [5, 5.41) is 10.5. The first-order chi connectivity index (χ1) is 16.9. The minimum Gasteiger partial charge on any atom is -0.388 e. The second-order valence-electron chi connectivity index (χ2n) is 10.3. The van der Waals surface area contributed by atoms with Crippen LogP contribution in [0.4, 0.5) is 5.69 Å². The maximum absolute atomic E-state index is 14.1. The number of piperazine rings is 1. The summed E-state index contributed by atoms with van der Waals surface area (Å²) >= 11 is 0. The minimum atomic E-state index is -0.892. The van der Waals surface area contributed by atoms with Crippen LogP contribution in [0.2, 0.25) is 0 Å². The minimum absolute atomic E-state index is 0.0569. The standard InChI is InChI=1S/C26H36N4O5/c1-2-28-9-11-29(12-10-28)17-7-8-18(25(27)33)19(13-17)22(16-5-3-4-6-16)26(34)30-14-20(31)24-23(30)21(32)15-35-24/h7-8,13,16,20,22-24,31H,2-6,9-12,14-15H2,1H3,(H2,27,33)/t20-,22-,23+,24+/m0/s1. The number of likely N-dealkylation sites (tertiary alicyclic amines) is 1. The lowest BCUT2D eigenvalue weighted by atomic mass is 9.80. The third-order valence-corrected chi connectivity index (χ3v) is 8.40. The van der Waals surface area contributed by atoms with Crippen molar-refractivity contribution in [3.05, 3.63) is 29.3 Å². The van der Waals surface area contributed by atoms with Gasteiger partial charge in [-0.25, -0.2) is 0 Å². The molecule has 35 heavy (non-hydrogen) atoms. The molecule has 3 N–H and O–H groups in total. The van der Waals surface area contributed by atoms with Crippen LogP contribution in [0.15, 0.2) is 18.2 Å². The maximum atomic E-state index is 14.1. The number of nitrogens with zero attached hydrogens (tertiary/aromatic N) is 3. The first-order valence-corrected chi connectivity index (χ1v) is 12.9. The molecular formula is C26H36N4O5. The molecule has 9 nitrogen and oxygen atoms in total. The summed E-state index contributed by atoms with van der Waals surface area (Å²) in [6.07, 6.45) is 2.24. The van der Waals surface area contributed by atoms with Gasteiger partial charge in [-0.05, 0) is 49.1 Å². The Kier molecular flexibility index (Phi) is 6.83. The monoisotopic (exact) mass is 484 g/mol. The third-order valence-electron chi connectivity index (χ3n) is 8.40. The van der Waals surface area contributed by atoms with E-state index in [-0.39, 0.29) is 30.8 Å². The molecule has 2 amide bonds. The number of amides is 2. The predicted octanol–water partition coefficient (Wildman–Crippen LogP) is 0.741. The van der Waals surface area contributed by atoms with Crippen molar-refractivity contribution in [3.63, 3.8) is 0 Å². The summed E-state index contributed by atoms with van der Waals surface area (Å²) in [5.41, 5.74) is 7.79. The Morgan fingerprint density at radius 1 is 1.17 bits per heavy atom. The van der Waals surface area contributed by atoms with Crippen LogP contribution in [0.5, 0.6) is 0 Å². The van der Waals surface area contributed by atoms with Gasteiger partial charge in [-0.2, -0.15) is 0 Å². The van der Waals surface area contributed by atoms with Gasteiger partial charge in [0.25, 0.3) is 0 Å². The van der Waals surface area contributed by atoms with Gasteiger partial charge < -0.3 is 30.3 Å². The van der Waals surface area contributed by atoms with Crippen LogP contribution in [0.1, 0.15) is 54.4 Å². The lowest BCUT2D eigenvalue weighted by Crippen LogP contribution is -2.46. The quantitative estimate of drug-likeness (QED) is 0.612. The van der Waals surface area contributed by atoms with E-state index in [2.05, 4.69) is 16.7 Å². The van der Waals surface area contributed by atoms with Crippen LogP contribution in [0.3, 0.4) is 0 Å². The number of likely N-dealkylation sites (N-methyl/N-ethyl adjacent to an activating group) is 1. The van der Waals surface area contributed by atoms with E-state index in [1.165, 1.54) is 4.90 Å². The number of hydrogen-bond acceptors (Lipinski definition) is 7. The van der Waals surface area contributed by atoms with Crippen LogP contribution in [-0.4, -0.2) is 96.6 Å². The van der Waals surface area contributed by atoms with Gasteiger partial charge in [-0.15, -0.1) is 0 Å². The van der Waals surface area contributed by atoms with Gasteiger partial charge in [0.1, 0.15) is 24.9 Å². The number of fused-ring (bicyclic) bond motifs is 1. The number of rotatable bonds is 6. The van der Waals surface area contributed by atoms with Gasteiger partial charge >= 0.3 is 0 Å². The van der Waals surface area contributed by atoms with Crippen molar-refractivity contribution in [2.45, 2.75) is 56.8 Å². The van der Waals surface area contributed by atoms with E-state index >= 15 is 0 Å². The summed E-state index contributed by atoms with van der Waals surface area (Å²) in [6, 6.07) is 4.88. The van der Waals surface area contributed by atoms with E-state index in [1.807, 2.05) is 12.1 Å². The van der Waals surface area contributed by atoms with Crippen LogP contribution in [0, 0.1) is 5.92 Å². The third kappa shape index (κ3) is 4.45. The first-order valence-electron chi connectivity index (χ1n) is 12.9. The molecule has 0 bridgehead atoms. The van der Waals surface area contributed by atoms with E-state index in [4.69, 9.17) is 10.5 Å². The molecule has 3 heterocycles. The van der Waals surface area contributed by atoms with Crippen molar-refractivity contribution in [1.29, 1.82) is 0 Å². The molecule has 0 radical (unpaired) electrons. The molecule has 1 aromatic carbocycles. The number of β-amino-alcohol motifs (C(OH)–C–C–N with tert-alkyl or cyclic N) is 1. The van der Waals surface area contributed by atoms with Crippen LogP contribution in [-0.2, 0) is 14.3 Å². The van der Waals surface area contributed by atoms with Crippen molar-refractivity contribution < 1.29 is 24.2 Å². The number of aliphatic hydroxyl groups excluding tert-OH is 1. The normalized spacial score (nSPS) is 28.5. The Bertz CT molecular complexity index is 986. The molecule has 4 fully saturated rings. The number of nitrogens with two attached hydrogens (primary N) is 1. The lowest BCUT2D eigenvalue weighted by Gasteiger charge is -2.36. The average Bonchev–Trinajstić information content (AvgIpc) is 3.59. The molecule has 3 saturated heterocycles. The smallest absolute Gasteiger partial charge is 0.249 e. The maximum Gasteiger partial charge on any atom is 0.249 e. The van der Waals surface area contributed by atoms with E-state index < -0.39 is 30.1 Å². The molecule has 5 rings (SSSR count). The molecule has 1 aliphatic carbocycles. The number of ether oxygens (including phenoxy) is 1. The number of aliphatic hydroxyl groups is 1. The van der Waals surface area contributed by atoms with Crippen molar-refractivity contribution in [1.82, 2.24) is 9.80 Å². The highest BCUT2D eigenvalue weighted by atomic mass is 16.5. The molecule has 1 saturated carbocycles. The topological polar surface area (TPSA) is 116 Å². The average molecular weight is 485 g/mol. The molecule has 0 spiro atoms. The number of ketones is 1. The second kappa shape index (κ2) is 9.87. The highest BCUT2D eigenvalue weighted by molar-refractivity contribution is 5.99. The zero-order chi connectivity index (χ0) is 24.7. The Morgan fingerprint density at radius 2 is 1.89 bits per heavy atom. The molecular weight excluding hydrogens is 448 g/mol. The number of Topliss-reactive ketones (excluding diaryl/α,β-unsaturated/α-hetero) is 1. The molecule has 0 aromatic heterocycles. The van der Waals surface area contributed by atoms with Crippen molar-refractivity contribution >= 4 is 23.3 Å². The van der Waals surface area contributed by atoms with Crippen molar-refractivity contribution in [3.8, 4) is 0 Å². The van der Waals surface area contributed by atoms with Crippen LogP contribution >= 0.6 is 0 Å².